The van der Waals surface area contributed by atoms with Crippen molar-refractivity contribution in [3.05, 3.63) is 34.1 Å². The van der Waals surface area contributed by atoms with E-state index < -0.39 is 34.2 Å². The minimum Gasteiger partial charge on any atom is -0.329 e. The Balaban J connectivity index is 3.45. The van der Waals surface area contributed by atoms with Gasteiger partial charge < -0.3 is 11.5 Å². The van der Waals surface area contributed by atoms with Crippen molar-refractivity contribution >= 4 is 11.6 Å². The van der Waals surface area contributed by atoms with E-state index in [0.29, 0.717) is 6.07 Å². The molecular formula is C9H9ClF4N2. The summed E-state index contributed by atoms with van der Waals surface area (Å²) in [4.78, 5) is 0. The largest absolute Gasteiger partial charge is 0.416 e. The highest BCUT2D eigenvalue weighted by atomic mass is 35.5. The van der Waals surface area contributed by atoms with Crippen LogP contribution in [-0.4, -0.2) is 6.54 Å². The van der Waals surface area contributed by atoms with Gasteiger partial charge in [0.25, 0.3) is 0 Å². The third kappa shape index (κ3) is 2.45. The van der Waals surface area contributed by atoms with E-state index in [2.05, 4.69) is 0 Å². The van der Waals surface area contributed by atoms with E-state index in [1.165, 1.54) is 0 Å². The topological polar surface area (TPSA) is 52.0 Å². The van der Waals surface area contributed by atoms with E-state index in [0.717, 1.165) is 6.07 Å². The Morgan fingerprint density at radius 2 is 1.88 bits per heavy atom. The van der Waals surface area contributed by atoms with Crippen LogP contribution in [0.5, 0.6) is 0 Å². The third-order valence-corrected chi connectivity index (χ3v) is 2.35. The van der Waals surface area contributed by atoms with Gasteiger partial charge in [0.2, 0.25) is 0 Å². The highest BCUT2D eigenvalue weighted by Crippen LogP contribution is 2.37. The van der Waals surface area contributed by atoms with Crippen LogP contribution in [0.2, 0.25) is 5.02 Å². The summed E-state index contributed by atoms with van der Waals surface area (Å²) < 4.78 is 51.1. The summed E-state index contributed by atoms with van der Waals surface area (Å²) in [5.41, 5.74) is 8.63. The molecule has 0 aliphatic carbocycles. The summed E-state index contributed by atoms with van der Waals surface area (Å²) in [6.45, 7) is -0.305. The van der Waals surface area contributed by atoms with E-state index in [1.54, 1.807) is 0 Å². The molecule has 2 nitrogen and oxygen atoms in total. The maximum atomic E-state index is 13.5. The Kier molecular flexibility index (Phi) is 3.77. The summed E-state index contributed by atoms with van der Waals surface area (Å²) in [5, 5.41) is -0.410. The first-order chi connectivity index (χ1) is 7.29. The minimum absolute atomic E-state index is 0.305. The van der Waals surface area contributed by atoms with Gasteiger partial charge in [-0.1, -0.05) is 11.6 Å². The quantitative estimate of drug-likeness (QED) is 0.799. The molecule has 0 aliphatic heterocycles. The molecule has 0 saturated heterocycles. The van der Waals surface area contributed by atoms with Gasteiger partial charge in [0.1, 0.15) is 5.82 Å². The maximum Gasteiger partial charge on any atom is 0.416 e. The van der Waals surface area contributed by atoms with Crippen molar-refractivity contribution in [1.82, 2.24) is 0 Å². The second kappa shape index (κ2) is 4.57. The highest BCUT2D eigenvalue weighted by molar-refractivity contribution is 6.30. The first kappa shape index (κ1) is 13.2. The SMILES string of the molecule is NC[C@H](N)c1c(C(F)(F)F)ccc(Cl)c1F. The molecule has 0 aromatic heterocycles. The Hall–Kier alpha value is -0.850. The van der Waals surface area contributed by atoms with E-state index in [1.807, 2.05) is 0 Å². The molecule has 0 spiro atoms. The molecule has 1 atom stereocenters. The lowest BCUT2D eigenvalue weighted by Crippen LogP contribution is -2.25. The fraction of sp³-hybridized carbons (Fsp3) is 0.333. The minimum atomic E-state index is -4.69. The lowest BCUT2D eigenvalue weighted by Gasteiger charge is -2.18. The Labute approximate surface area is 94.2 Å². The molecule has 0 fully saturated rings. The number of alkyl halides is 3. The monoisotopic (exact) mass is 256 g/mol. The smallest absolute Gasteiger partial charge is 0.329 e. The lowest BCUT2D eigenvalue weighted by atomic mass is 9.99. The number of rotatable bonds is 2. The molecule has 0 amide bonds. The summed E-state index contributed by atoms with van der Waals surface area (Å²) in [6, 6.07) is 0.290. The van der Waals surface area contributed by atoms with Crippen LogP contribution in [0.15, 0.2) is 12.1 Å². The standard InChI is InChI=1S/C9H9ClF4N2/c10-5-2-1-4(9(12,13)14)7(8(5)11)6(16)3-15/h1-2,6H,3,15-16H2/t6-/m0/s1. The molecule has 7 heteroatoms. The zero-order valence-electron chi connectivity index (χ0n) is 7.98. The molecule has 0 saturated carbocycles. The second-order valence-corrected chi connectivity index (χ2v) is 3.57. The first-order valence-electron chi connectivity index (χ1n) is 4.29. The van der Waals surface area contributed by atoms with Gasteiger partial charge in [-0.05, 0) is 12.1 Å². The summed E-state index contributed by atoms with van der Waals surface area (Å²) in [7, 11) is 0. The molecule has 1 rings (SSSR count). The van der Waals surface area contributed by atoms with Gasteiger partial charge in [-0.3, -0.25) is 0 Å². The van der Waals surface area contributed by atoms with Gasteiger partial charge in [-0.15, -0.1) is 0 Å². The molecule has 1 aromatic rings. The van der Waals surface area contributed by atoms with E-state index >= 15 is 0 Å². The highest BCUT2D eigenvalue weighted by Gasteiger charge is 2.36. The van der Waals surface area contributed by atoms with Gasteiger partial charge in [0.15, 0.2) is 0 Å². The zero-order valence-corrected chi connectivity index (χ0v) is 8.74. The first-order valence-corrected chi connectivity index (χ1v) is 4.67. The summed E-state index contributed by atoms with van der Waals surface area (Å²) in [5.74, 6) is -1.17. The predicted molar refractivity (Wildman–Crippen MR) is 52.4 cm³/mol. The molecule has 90 valence electrons. The molecule has 4 N–H and O–H groups in total. The molecule has 0 unspecified atom stereocenters. The fourth-order valence-electron chi connectivity index (χ4n) is 1.29. The van der Waals surface area contributed by atoms with Crippen molar-refractivity contribution in [2.45, 2.75) is 12.2 Å². The van der Waals surface area contributed by atoms with Crippen molar-refractivity contribution in [2.24, 2.45) is 11.5 Å². The van der Waals surface area contributed by atoms with Crippen molar-refractivity contribution in [3.63, 3.8) is 0 Å². The molecule has 0 radical (unpaired) electrons. The molecular weight excluding hydrogens is 248 g/mol. The molecule has 1 aromatic carbocycles. The zero-order chi connectivity index (χ0) is 12.5. The van der Waals surface area contributed by atoms with Gasteiger partial charge in [-0.2, -0.15) is 13.2 Å². The van der Waals surface area contributed by atoms with Crippen LogP contribution in [0.25, 0.3) is 0 Å². The predicted octanol–water partition coefficient (Wildman–Crippen LogP) is 2.46. The van der Waals surface area contributed by atoms with Crippen LogP contribution in [0.4, 0.5) is 17.6 Å². The van der Waals surface area contributed by atoms with E-state index in [-0.39, 0.29) is 6.54 Å². The van der Waals surface area contributed by atoms with Crippen LogP contribution in [-0.2, 0) is 6.18 Å². The number of benzene rings is 1. The van der Waals surface area contributed by atoms with Crippen LogP contribution < -0.4 is 11.5 Å². The lowest BCUT2D eigenvalue weighted by molar-refractivity contribution is -0.138. The second-order valence-electron chi connectivity index (χ2n) is 3.16. The number of nitrogens with two attached hydrogens (primary N) is 2. The van der Waals surface area contributed by atoms with Crippen molar-refractivity contribution in [1.29, 1.82) is 0 Å². The van der Waals surface area contributed by atoms with Crippen molar-refractivity contribution in [3.8, 4) is 0 Å². The van der Waals surface area contributed by atoms with Crippen LogP contribution in [0.3, 0.4) is 0 Å². The average Bonchev–Trinajstić information content (AvgIpc) is 2.19. The van der Waals surface area contributed by atoms with Gasteiger partial charge in [0.05, 0.1) is 10.6 Å². The van der Waals surface area contributed by atoms with Crippen LogP contribution in [0, 0.1) is 5.82 Å². The van der Waals surface area contributed by atoms with Gasteiger partial charge >= 0.3 is 6.18 Å². The Morgan fingerprint density at radius 1 is 1.31 bits per heavy atom. The Morgan fingerprint density at radius 3 is 2.31 bits per heavy atom. The number of hydrogen-bond donors (Lipinski definition) is 2. The molecule has 16 heavy (non-hydrogen) atoms. The number of hydrogen-bond acceptors (Lipinski definition) is 2. The normalized spacial score (nSPS) is 13.9. The van der Waals surface area contributed by atoms with E-state index in [9.17, 15) is 17.6 Å². The number of halogens is 5. The average molecular weight is 257 g/mol. The van der Waals surface area contributed by atoms with Gasteiger partial charge in [-0.25, -0.2) is 4.39 Å². The van der Waals surface area contributed by atoms with E-state index in [4.69, 9.17) is 23.1 Å². The maximum absolute atomic E-state index is 13.5. The summed E-state index contributed by atoms with van der Waals surface area (Å²) >= 11 is 5.40. The fourth-order valence-corrected chi connectivity index (χ4v) is 1.46. The molecule has 0 bridgehead atoms. The summed E-state index contributed by atoms with van der Waals surface area (Å²) in [6.07, 6.45) is -4.69. The Bertz CT molecular complexity index is 392. The van der Waals surface area contributed by atoms with Crippen LogP contribution >= 0.6 is 11.6 Å². The third-order valence-electron chi connectivity index (χ3n) is 2.06. The van der Waals surface area contributed by atoms with Gasteiger partial charge in [0, 0.05) is 18.2 Å². The molecule has 0 aliphatic rings. The van der Waals surface area contributed by atoms with Crippen molar-refractivity contribution in [2.75, 3.05) is 6.54 Å². The van der Waals surface area contributed by atoms with Crippen LogP contribution in [0.1, 0.15) is 17.2 Å². The molecule has 0 heterocycles. The van der Waals surface area contributed by atoms with Crippen molar-refractivity contribution < 1.29 is 17.6 Å².